The van der Waals surface area contributed by atoms with Crippen molar-refractivity contribution in [3.05, 3.63) is 54.1 Å². The molecule has 3 aromatic rings. The number of fused-ring (bicyclic) bond motifs is 1. The molecule has 0 aliphatic carbocycles. The molecule has 3 rings (SSSR count). The van der Waals surface area contributed by atoms with Gasteiger partial charge in [0.2, 0.25) is 0 Å². The van der Waals surface area contributed by atoms with Gasteiger partial charge in [-0.2, -0.15) is 0 Å². The summed E-state index contributed by atoms with van der Waals surface area (Å²) in [6, 6.07) is 8.95. The highest BCUT2D eigenvalue weighted by Gasteiger charge is 2.14. The Morgan fingerprint density at radius 2 is 2.14 bits per heavy atom. The van der Waals surface area contributed by atoms with Crippen LogP contribution in [-0.2, 0) is 0 Å². The number of aryl methyl sites for hydroxylation is 1. The number of rotatable bonds is 3. The van der Waals surface area contributed by atoms with Crippen molar-refractivity contribution in [3.8, 4) is 5.75 Å². The number of furan rings is 1. The van der Waals surface area contributed by atoms with Gasteiger partial charge in [-0.25, -0.2) is 0 Å². The van der Waals surface area contributed by atoms with Gasteiger partial charge in [-0.3, -0.25) is 9.78 Å². The second kappa shape index (κ2) is 5.28. The Labute approximate surface area is 121 Å². The first kappa shape index (κ1) is 13.2. The number of anilines is 1. The molecule has 2 aromatic heterocycles. The zero-order valence-electron chi connectivity index (χ0n) is 11.7. The van der Waals surface area contributed by atoms with Crippen LogP contribution in [0.1, 0.15) is 16.1 Å². The maximum Gasteiger partial charge on any atom is 0.259 e. The van der Waals surface area contributed by atoms with E-state index in [9.17, 15) is 4.79 Å². The molecule has 0 saturated carbocycles. The molecule has 5 nitrogen and oxygen atoms in total. The molecule has 0 unspecified atom stereocenters. The van der Waals surface area contributed by atoms with Gasteiger partial charge < -0.3 is 14.5 Å². The lowest BCUT2D eigenvalue weighted by Gasteiger charge is -2.10. The van der Waals surface area contributed by atoms with E-state index in [1.165, 1.54) is 6.26 Å². The highest BCUT2D eigenvalue weighted by atomic mass is 16.5. The number of benzene rings is 1. The number of carbonyl (C=O) groups excluding carboxylic acids is 1. The second-order valence-electron chi connectivity index (χ2n) is 4.56. The summed E-state index contributed by atoms with van der Waals surface area (Å²) >= 11 is 0. The number of nitrogens with one attached hydrogen (secondary N) is 1. The molecule has 1 aromatic carbocycles. The highest BCUT2D eigenvalue weighted by Crippen LogP contribution is 2.30. The van der Waals surface area contributed by atoms with Crippen molar-refractivity contribution < 1.29 is 13.9 Å². The van der Waals surface area contributed by atoms with Crippen molar-refractivity contribution in [1.82, 2.24) is 4.98 Å². The molecular weight excluding hydrogens is 268 g/mol. The molecule has 0 aliphatic rings. The molecule has 0 atom stereocenters. The minimum atomic E-state index is -0.212. The third-order valence-electron chi connectivity index (χ3n) is 3.30. The van der Waals surface area contributed by atoms with Crippen molar-refractivity contribution in [2.24, 2.45) is 0 Å². The van der Waals surface area contributed by atoms with E-state index in [1.54, 1.807) is 38.4 Å². The quantitative estimate of drug-likeness (QED) is 0.799. The number of pyridine rings is 1. The van der Waals surface area contributed by atoms with Gasteiger partial charge in [-0.05, 0) is 37.3 Å². The summed E-state index contributed by atoms with van der Waals surface area (Å²) in [5, 5.41) is 3.71. The van der Waals surface area contributed by atoms with Crippen molar-refractivity contribution >= 4 is 22.5 Å². The lowest BCUT2D eigenvalue weighted by Crippen LogP contribution is -2.12. The van der Waals surface area contributed by atoms with Gasteiger partial charge in [0.1, 0.15) is 17.0 Å². The standard InChI is InChI=1S/C16H14N2O3/c1-10-11(7-9-21-10)16(19)18-13-5-6-14(20-2)15-12(13)4-3-8-17-15/h3-9H,1-2H3,(H,18,19). The molecule has 0 saturated heterocycles. The summed E-state index contributed by atoms with van der Waals surface area (Å²) in [7, 11) is 1.59. The number of nitrogens with zero attached hydrogens (tertiary/aromatic N) is 1. The molecule has 5 heteroatoms. The number of amides is 1. The SMILES string of the molecule is COc1ccc(NC(=O)c2ccoc2C)c2cccnc12. The first-order valence-corrected chi connectivity index (χ1v) is 6.48. The summed E-state index contributed by atoms with van der Waals surface area (Å²) in [5.41, 5.74) is 1.91. The Hall–Kier alpha value is -2.82. The summed E-state index contributed by atoms with van der Waals surface area (Å²) < 4.78 is 10.4. The Morgan fingerprint density at radius 3 is 2.86 bits per heavy atom. The largest absolute Gasteiger partial charge is 0.494 e. The van der Waals surface area contributed by atoms with E-state index in [1.807, 2.05) is 12.1 Å². The minimum Gasteiger partial charge on any atom is -0.494 e. The smallest absolute Gasteiger partial charge is 0.259 e. The first-order valence-electron chi connectivity index (χ1n) is 6.48. The number of hydrogen-bond donors (Lipinski definition) is 1. The molecule has 21 heavy (non-hydrogen) atoms. The Kier molecular flexibility index (Phi) is 3.31. The highest BCUT2D eigenvalue weighted by molar-refractivity contribution is 6.09. The first-order chi connectivity index (χ1) is 10.2. The van der Waals surface area contributed by atoms with Gasteiger partial charge in [0, 0.05) is 11.6 Å². The van der Waals surface area contributed by atoms with Gasteiger partial charge >= 0.3 is 0 Å². The number of aromatic nitrogens is 1. The molecule has 106 valence electrons. The van der Waals surface area contributed by atoms with Crippen molar-refractivity contribution in [2.75, 3.05) is 12.4 Å². The lowest BCUT2D eigenvalue weighted by molar-refractivity contribution is 0.102. The summed E-state index contributed by atoms with van der Waals surface area (Å²) in [6.45, 7) is 1.75. The van der Waals surface area contributed by atoms with Crippen LogP contribution in [0.2, 0.25) is 0 Å². The number of carbonyl (C=O) groups is 1. The molecular formula is C16H14N2O3. The Bertz CT molecular complexity index is 808. The molecule has 0 radical (unpaired) electrons. The molecule has 0 fully saturated rings. The van der Waals surface area contributed by atoms with Crippen LogP contribution in [0, 0.1) is 6.92 Å². The number of ether oxygens (including phenoxy) is 1. The third kappa shape index (κ3) is 2.33. The third-order valence-corrected chi connectivity index (χ3v) is 3.30. The van der Waals surface area contributed by atoms with Gasteiger partial charge in [0.25, 0.3) is 5.91 Å². The van der Waals surface area contributed by atoms with Crippen LogP contribution in [0.15, 0.2) is 47.2 Å². The van der Waals surface area contributed by atoms with Crippen LogP contribution >= 0.6 is 0 Å². The lowest BCUT2D eigenvalue weighted by atomic mass is 10.1. The monoisotopic (exact) mass is 282 g/mol. The molecule has 1 amide bonds. The van der Waals surface area contributed by atoms with E-state index >= 15 is 0 Å². The van der Waals surface area contributed by atoms with E-state index in [0.29, 0.717) is 28.3 Å². The van der Waals surface area contributed by atoms with Gasteiger partial charge in [-0.1, -0.05) is 0 Å². The van der Waals surface area contributed by atoms with Crippen LogP contribution in [0.4, 0.5) is 5.69 Å². The topological polar surface area (TPSA) is 64.4 Å². The summed E-state index contributed by atoms with van der Waals surface area (Å²) in [6.07, 6.45) is 3.19. The predicted molar refractivity (Wildman–Crippen MR) is 79.7 cm³/mol. The Balaban J connectivity index is 2.02. The summed E-state index contributed by atoms with van der Waals surface area (Å²) in [5.74, 6) is 1.04. The van der Waals surface area contributed by atoms with E-state index in [-0.39, 0.29) is 5.91 Å². The average molecular weight is 282 g/mol. The molecule has 0 aliphatic heterocycles. The van der Waals surface area contributed by atoms with Crippen molar-refractivity contribution in [2.45, 2.75) is 6.92 Å². The number of hydrogen-bond acceptors (Lipinski definition) is 4. The van der Waals surface area contributed by atoms with Crippen LogP contribution in [-0.4, -0.2) is 18.0 Å². The predicted octanol–water partition coefficient (Wildman–Crippen LogP) is 3.40. The van der Waals surface area contributed by atoms with E-state index in [4.69, 9.17) is 9.15 Å². The van der Waals surface area contributed by atoms with Gasteiger partial charge in [0.15, 0.2) is 0 Å². The van der Waals surface area contributed by atoms with E-state index < -0.39 is 0 Å². The van der Waals surface area contributed by atoms with Crippen molar-refractivity contribution in [3.63, 3.8) is 0 Å². The van der Waals surface area contributed by atoms with Crippen LogP contribution in [0.25, 0.3) is 10.9 Å². The van der Waals surface area contributed by atoms with Gasteiger partial charge in [0.05, 0.1) is 24.6 Å². The zero-order chi connectivity index (χ0) is 14.8. The fourth-order valence-corrected chi connectivity index (χ4v) is 2.23. The fraction of sp³-hybridized carbons (Fsp3) is 0.125. The van der Waals surface area contributed by atoms with Crippen LogP contribution in [0.3, 0.4) is 0 Å². The Morgan fingerprint density at radius 1 is 1.29 bits per heavy atom. The maximum absolute atomic E-state index is 12.3. The normalized spacial score (nSPS) is 10.6. The fourth-order valence-electron chi connectivity index (χ4n) is 2.23. The second-order valence-corrected chi connectivity index (χ2v) is 4.56. The molecule has 2 heterocycles. The molecule has 0 bridgehead atoms. The van der Waals surface area contributed by atoms with Crippen LogP contribution in [0.5, 0.6) is 5.75 Å². The average Bonchev–Trinajstić information content (AvgIpc) is 2.94. The van der Waals surface area contributed by atoms with E-state index in [0.717, 1.165) is 5.39 Å². The van der Waals surface area contributed by atoms with E-state index in [2.05, 4.69) is 10.3 Å². The zero-order valence-corrected chi connectivity index (χ0v) is 11.7. The maximum atomic E-state index is 12.3. The van der Waals surface area contributed by atoms with Crippen LogP contribution < -0.4 is 10.1 Å². The minimum absolute atomic E-state index is 0.212. The number of methoxy groups -OCH3 is 1. The summed E-state index contributed by atoms with van der Waals surface area (Å²) in [4.78, 5) is 16.6. The van der Waals surface area contributed by atoms with Gasteiger partial charge in [-0.15, -0.1) is 0 Å². The molecule has 0 spiro atoms. The molecule has 1 N–H and O–H groups in total. The van der Waals surface area contributed by atoms with Crippen molar-refractivity contribution in [1.29, 1.82) is 0 Å².